The van der Waals surface area contributed by atoms with Crippen molar-refractivity contribution in [2.24, 2.45) is 0 Å². The molecule has 0 saturated carbocycles. The van der Waals surface area contributed by atoms with Crippen LogP contribution in [0.15, 0.2) is 54.6 Å². The number of amides is 1. The van der Waals surface area contributed by atoms with Gasteiger partial charge < -0.3 is 9.64 Å². The molecule has 0 aliphatic rings. The lowest BCUT2D eigenvalue weighted by Gasteiger charge is -2.16. The smallest absolute Gasteiger partial charge is 0.222 e. The number of para-hydroxylation sites is 1. The molecule has 0 heterocycles. The van der Waals surface area contributed by atoms with E-state index in [1.54, 1.807) is 4.90 Å². The van der Waals surface area contributed by atoms with Crippen LogP contribution in [-0.2, 0) is 11.2 Å². The number of aryl methyl sites for hydroxylation is 1. The summed E-state index contributed by atoms with van der Waals surface area (Å²) in [7, 11) is 1.86. The van der Waals surface area contributed by atoms with Crippen LogP contribution in [0.3, 0.4) is 0 Å². The Kier molecular flexibility index (Phi) is 6.01. The Morgan fingerprint density at radius 1 is 1.05 bits per heavy atom. The van der Waals surface area contributed by atoms with Crippen molar-refractivity contribution in [1.29, 1.82) is 0 Å². The Labute approximate surface area is 132 Å². The van der Waals surface area contributed by atoms with Gasteiger partial charge in [-0.15, -0.1) is 0 Å². The van der Waals surface area contributed by atoms with E-state index in [1.165, 1.54) is 5.56 Å². The van der Waals surface area contributed by atoms with Crippen molar-refractivity contribution in [1.82, 2.24) is 4.90 Å². The number of hydrogen-bond donors (Lipinski definition) is 0. The van der Waals surface area contributed by atoms with E-state index in [4.69, 9.17) is 4.74 Å². The maximum atomic E-state index is 11.5. The number of hydrogen-bond acceptors (Lipinski definition) is 2. The van der Waals surface area contributed by atoms with Crippen molar-refractivity contribution in [2.75, 3.05) is 13.6 Å². The molecule has 0 saturated heterocycles. The van der Waals surface area contributed by atoms with E-state index in [1.807, 2.05) is 56.4 Å². The molecule has 0 atom stereocenters. The van der Waals surface area contributed by atoms with Gasteiger partial charge in [-0.3, -0.25) is 4.79 Å². The minimum absolute atomic E-state index is 0.196. The third-order valence-electron chi connectivity index (χ3n) is 3.56. The van der Waals surface area contributed by atoms with Crippen LogP contribution in [-0.4, -0.2) is 24.4 Å². The van der Waals surface area contributed by atoms with Crippen LogP contribution in [0.4, 0.5) is 0 Å². The first-order chi connectivity index (χ1) is 10.7. The van der Waals surface area contributed by atoms with E-state index in [0.29, 0.717) is 6.42 Å². The molecule has 0 fully saturated rings. The van der Waals surface area contributed by atoms with Crippen molar-refractivity contribution < 1.29 is 9.53 Å². The molecular weight excluding hydrogens is 274 g/mol. The van der Waals surface area contributed by atoms with Gasteiger partial charge in [0.15, 0.2) is 0 Å². The summed E-state index contributed by atoms with van der Waals surface area (Å²) in [5.41, 5.74) is 1.23. The lowest BCUT2D eigenvalue weighted by atomic mass is 10.1. The van der Waals surface area contributed by atoms with Crippen LogP contribution in [0.2, 0.25) is 0 Å². The summed E-state index contributed by atoms with van der Waals surface area (Å²) in [4.78, 5) is 13.3. The van der Waals surface area contributed by atoms with Crippen LogP contribution >= 0.6 is 0 Å². The number of nitrogens with zero attached hydrogens (tertiary/aromatic N) is 1. The molecule has 0 aliphatic heterocycles. The first kappa shape index (κ1) is 16.1. The van der Waals surface area contributed by atoms with Gasteiger partial charge in [0, 0.05) is 20.0 Å². The molecule has 2 aromatic carbocycles. The molecule has 3 nitrogen and oxygen atoms in total. The van der Waals surface area contributed by atoms with Crippen LogP contribution in [0.1, 0.15) is 25.3 Å². The van der Waals surface area contributed by atoms with Crippen molar-refractivity contribution in [3.8, 4) is 11.5 Å². The zero-order valence-corrected chi connectivity index (χ0v) is 13.3. The number of carbonyl (C=O) groups is 1. The van der Waals surface area contributed by atoms with Gasteiger partial charge in [0.05, 0.1) is 0 Å². The maximum Gasteiger partial charge on any atom is 0.222 e. The molecule has 0 bridgehead atoms. The summed E-state index contributed by atoms with van der Waals surface area (Å²) in [6.45, 7) is 2.68. The lowest BCUT2D eigenvalue weighted by molar-refractivity contribution is -0.129. The second-order valence-corrected chi connectivity index (χ2v) is 5.33. The molecule has 0 spiro atoms. The summed E-state index contributed by atoms with van der Waals surface area (Å²) in [6, 6.07) is 17.9. The van der Waals surface area contributed by atoms with E-state index in [0.717, 1.165) is 30.9 Å². The Morgan fingerprint density at radius 2 is 1.77 bits per heavy atom. The molecule has 0 aliphatic carbocycles. The second-order valence-electron chi connectivity index (χ2n) is 5.33. The fourth-order valence-corrected chi connectivity index (χ4v) is 2.30. The van der Waals surface area contributed by atoms with Gasteiger partial charge in [0.2, 0.25) is 5.91 Å². The lowest BCUT2D eigenvalue weighted by Crippen LogP contribution is -2.27. The van der Waals surface area contributed by atoms with E-state index in [2.05, 4.69) is 12.1 Å². The topological polar surface area (TPSA) is 29.5 Å². The van der Waals surface area contributed by atoms with Crippen molar-refractivity contribution in [2.45, 2.75) is 26.2 Å². The van der Waals surface area contributed by atoms with E-state index >= 15 is 0 Å². The highest BCUT2D eigenvalue weighted by Crippen LogP contribution is 2.22. The minimum Gasteiger partial charge on any atom is -0.457 e. The third-order valence-corrected chi connectivity index (χ3v) is 3.56. The van der Waals surface area contributed by atoms with Crippen LogP contribution < -0.4 is 4.74 Å². The first-order valence-electron chi connectivity index (χ1n) is 7.75. The Morgan fingerprint density at radius 3 is 2.50 bits per heavy atom. The highest BCUT2D eigenvalue weighted by atomic mass is 16.5. The highest BCUT2D eigenvalue weighted by molar-refractivity contribution is 5.75. The van der Waals surface area contributed by atoms with Crippen molar-refractivity contribution in [3.05, 3.63) is 60.2 Å². The third kappa shape index (κ3) is 4.92. The number of carbonyl (C=O) groups excluding carboxylic acids is 1. The fraction of sp³-hybridized carbons (Fsp3) is 0.316. The Balaban J connectivity index is 1.88. The first-order valence-corrected chi connectivity index (χ1v) is 7.75. The monoisotopic (exact) mass is 297 g/mol. The molecule has 2 aromatic rings. The normalized spacial score (nSPS) is 10.3. The molecule has 0 radical (unpaired) electrons. The van der Waals surface area contributed by atoms with Gasteiger partial charge in [-0.1, -0.05) is 37.3 Å². The van der Waals surface area contributed by atoms with E-state index < -0.39 is 0 Å². The molecule has 116 valence electrons. The molecule has 0 unspecified atom stereocenters. The zero-order valence-electron chi connectivity index (χ0n) is 13.3. The average molecular weight is 297 g/mol. The second kappa shape index (κ2) is 8.23. The Bertz CT molecular complexity index is 595. The van der Waals surface area contributed by atoms with Gasteiger partial charge in [0.1, 0.15) is 11.5 Å². The summed E-state index contributed by atoms with van der Waals surface area (Å²) >= 11 is 0. The van der Waals surface area contributed by atoms with Crippen LogP contribution in [0, 0.1) is 0 Å². The van der Waals surface area contributed by atoms with Gasteiger partial charge in [0.25, 0.3) is 0 Å². The number of ether oxygens (including phenoxy) is 1. The van der Waals surface area contributed by atoms with Crippen LogP contribution in [0.25, 0.3) is 0 Å². The minimum atomic E-state index is 0.196. The van der Waals surface area contributed by atoms with Crippen LogP contribution in [0.5, 0.6) is 11.5 Å². The van der Waals surface area contributed by atoms with Gasteiger partial charge in [-0.25, -0.2) is 0 Å². The fourth-order valence-electron chi connectivity index (χ4n) is 2.30. The molecule has 2 rings (SSSR count). The van der Waals surface area contributed by atoms with E-state index in [9.17, 15) is 4.79 Å². The molecular formula is C19H23NO2. The number of rotatable bonds is 7. The van der Waals surface area contributed by atoms with Crippen molar-refractivity contribution >= 4 is 5.91 Å². The van der Waals surface area contributed by atoms with E-state index in [-0.39, 0.29) is 5.91 Å². The SMILES string of the molecule is CCC(=O)N(C)CCCc1cccc(Oc2ccccc2)c1. The standard InChI is InChI=1S/C19H23NO2/c1-3-19(21)20(2)14-8-10-16-9-7-13-18(15-16)22-17-11-5-4-6-12-17/h4-7,9,11-13,15H,3,8,10,14H2,1-2H3. The average Bonchev–Trinajstić information content (AvgIpc) is 2.55. The van der Waals surface area contributed by atoms with Crippen molar-refractivity contribution in [3.63, 3.8) is 0 Å². The Hall–Kier alpha value is -2.29. The summed E-state index contributed by atoms with van der Waals surface area (Å²) < 4.78 is 5.84. The zero-order chi connectivity index (χ0) is 15.8. The predicted molar refractivity (Wildman–Crippen MR) is 89.2 cm³/mol. The maximum absolute atomic E-state index is 11.5. The van der Waals surface area contributed by atoms with Gasteiger partial charge in [-0.2, -0.15) is 0 Å². The van der Waals surface area contributed by atoms with Gasteiger partial charge in [-0.05, 0) is 42.7 Å². The quantitative estimate of drug-likeness (QED) is 0.763. The summed E-state index contributed by atoms with van der Waals surface area (Å²) in [5.74, 6) is 1.88. The molecule has 0 aromatic heterocycles. The molecule has 22 heavy (non-hydrogen) atoms. The summed E-state index contributed by atoms with van der Waals surface area (Å²) in [5, 5.41) is 0. The molecule has 0 N–H and O–H groups in total. The van der Waals surface area contributed by atoms with Gasteiger partial charge >= 0.3 is 0 Å². The molecule has 1 amide bonds. The largest absolute Gasteiger partial charge is 0.457 e. The number of benzene rings is 2. The predicted octanol–water partition coefficient (Wildman–Crippen LogP) is 4.28. The molecule has 3 heteroatoms. The highest BCUT2D eigenvalue weighted by Gasteiger charge is 2.05. The summed E-state index contributed by atoms with van der Waals surface area (Å²) in [6.07, 6.45) is 2.46.